The first-order valence-electron chi connectivity index (χ1n) is 5.11. The van der Waals surface area contributed by atoms with E-state index in [1.54, 1.807) is 11.9 Å². The SMILES string of the molecule is CN1CCC2OC(=O)N(C)CC2(C)C1. The number of ether oxygens (including phenoxy) is 1. The fraction of sp³-hybridized carbons (Fsp3) is 0.900. The van der Waals surface area contributed by atoms with Gasteiger partial charge in [0, 0.05) is 32.1 Å². The number of likely N-dealkylation sites (tertiary alicyclic amines) is 1. The molecule has 0 N–H and O–H groups in total. The fourth-order valence-electron chi connectivity index (χ4n) is 2.65. The first-order valence-corrected chi connectivity index (χ1v) is 5.11. The van der Waals surface area contributed by atoms with E-state index in [-0.39, 0.29) is 17.6 Å². The standard InChI is InChI=1S/C10H18N2O2/c1-10-6-11(2)5-4-8(10)14-9(13)12(3)7-10/h8H,4-7H2,1-3H3. The van der Waals surface area contributed by atoms with Crippen LogP contribution in [0, 0.1) is 5.41 Å². The van der Waals surface area contributed by atoms with Gasteiger partial charge in [-0.15, -0.1) is 0 Å². The van der Waals surface area contributed by atoms with Crippen LogP contribution >= 0.6 is 0 Å². The predicted octanol–water partition coefficient (Wildman–Crippen LogP) is 0.779. The first-order chi connectivity index (χ1) is 6.51. The molecule has 0 aromatic carbocycles. The molecule has 2 rings (SSSR count). The maximum Gasteiger partial charge on any atom is 0.409 e. The van der Waals surface area contributed by atoms with E-state index in [2.05, 4.69) is 18.9 Å². The Morgan fingerprint density at radius 3 is 2.86 bits per heavy atom. The second kappa shape index (κ2) is 3.12. The summed E-state index contributed by atoms with van der Waals surface area (Å²) in [5.74, 6) is 0. The summed E-state index contributed by atoms with van der Waals surface area (Å²) in [4.78, 5) is 15.3. The van der Waals surface area contributed by atoms with Gasteiger partial charge in [-0.05, 0) is 13.5 Å². The van der Waals surface area contributed by atoms with Gasteiger partial charge in [0.25, 0.3) is 0 Å². The van der Waals surface area contributed by atoms with Crippen LogP contribution in [0.25, 0.3) is 0 Å². The predicted molar refractivity (Wildman–Crippen MR) is 53.1 cm³/mol. The van der Waals surface area contributed by atoms with Gasteiger partial charge in [-0.2, -0.15) is 0 Å². The normalized spacial score (nSPS) is 39.2. The van der Waals surface area contributed by atoms with Crippen molar-refractivity contribution in [2.75, 3.05) is 33.7 Å². The number of fused-ring (bicyclic) bond motifs is 1. The molecule has 2 unspecified atom stereocenters. The average molecular weight is 198 g/mol. The summed E-state index contributed by atoms with van der Waals surface area (Å²) < 4.78 is 5.41. The summed E-state index contributed by atoms with van der Waals surface area (Å²) in [7, 11) is 3.93. The lowest BCUT2D eigenvalue weighted by Gasteiger charge is -2.49. The van der Waals surface area contributed by atoms with Gasteiger partial charge >= 0.3 is 6.09 Å². The molecule has 0 aromatic rings. The molecule has 0 spiro atoms. The summed E-state index contributed by atoms with van der Waals surface area (Å²) in [5, 5.41) is 0. The number of hydrogen-bond donors (Lipinski definition) is 0. The first kappa shape index (κ1) is 9.77. The van der Waals surface area contributed by atoms with Gasteiger partial charge < -0.3 is 14.5 Å². The molecule has 0 bridgehead atoms. The molecule has 0 aromatic heterocycles. The van der Waals surface area contributed by atoms with Crippen LogP contribution in [0.4, 0.5) is 4.79 Å². The number of piperidine rings is 1. The molecule has 0 aliphatic carbocycles. The van der Waals surface area contributed by atoms with E-state index in [4.69, 9.17) is 4.74 Å². The minimum Gasteiger partial charge on any atom is -0.445 e. The lowest BCUT2D eigenvalue weighted by atomic mass is 9.78. The maximum atomic E-state index is 11.4. The van der Waals surface area contributed by atoms with Gasteiger partial charge in [-0.25, -0.2) is 4.79 Å². The van der Waals surface area contributed by atoms with Crippen LogP contribution in [0.1, 0.15) is 13.3 Å². The molecular formula is C10H18N2O2. The van der Waals surface area contributed by atoms with Crippen LogP contribution in [-0.2, 0) is 4.74 Å². The molecule has 4 nitrogen and oxygen atoms in total. The molecule has 2 aliphatic rings. The van der Waals surface area contributed by atoms with E-state index < -0.39 is 0 Å². The smallest absolute Gasteiger partial charge is 0.409 e. The molecule has 2 heterocycles. The highest BCUT2D eigenvalue weighted by Crippen LogP contribution is 2.35. The Balaban J connectivity index is 2.15. The van der Waals surface area contributed by atoms with Crippen molar-refractivity contribution in [3.63, 3.8) is 0 Å². The summed E-state index contributed by atoms with van der Waals surface area (Å²) >= 11 is 0. The minimum absolute atomic E-state index is 0.107. The Bertz CT molecular complexity index is 257. The Hall–Kier alpha value is -0.770. The van der Waals surface area contributed by atoms with Crippen molar-refractivity contribution >= 4 is 6.09 Å². The molecule has 14 heavy (non-hydrogen) atoms. The Labute approximate surface area is 84.8 Å². The van der Waals surface area contributed by atoms with E-state index in [0.29, 0.717) is 0 Å². The molecule has 2 fully saturated rings. The van der Waals surface area contributed by atoms with Crippen molar-refractivity contribution in [1.82, 2.24) is 9.80 Å². The van der Waals surface area contributed by atoms with E-state index in [0.717, 1.165) is 26.1 Å². The Kier molecular flexibility index (Phi) is 2.18. The summed E-state index contributed by atoms with van der Waals surface area (Å²) in [6.07, 6.45) is 0.909. The molecule has 2 aliphatic heterocycles. The van der Waals surface area contributed by atoms with Gasteiger partial charge in [0.1, 0.15) is 6.10 Å². The molecule has 0 radical (unpaired) electrons. The van der Waals surface area contributed by atoms with Crippen LogP contribution in [0.2, 0.25) is 0 Å². The van der Waals surface area contributed by atoms with Crippen LogP contribution in [0.5, 0.6) is 0 Å². The third-order valence-corrected chi connectivity index (χ3v) is 3.33. The van der Waals surface area contributed by atoms with Crippen molar-refractivity contribution in [2.24, 2.45) is 5.41 Å². The molecule has 80 valence electrons. The molecule has 2 atom stereocenters. The van der Waals surface area contributed by atoms with Crippen LogP contribution in [0.3, 0.4) is 0 Å². The van der Waals surface area contributed by atoms with E-state index in [1.165, 1.54) is 0 Å². The highest BCUT2D eigenvalue weighted by atomic mass is 16.6. The van der Waals surface area contributed by atoms with Crippen molar-refractivity contribution < 1.29 is 9.53 Å². The number of carbonyl (C=O) groups is 1. The topological polar surface area (TPSA) is 32.8 Å². The zero-order chi connectivity index (χ0) is 10.3. The second-order valence-corrected chi connectivity index (χ2v) is 4.91. The van der Waals surface area contributed by atoms with E-state index >= 15 is 0 Å². The quantitative estimate of drug-likeness (QED) is 0.576. The zero-order valence-corrected chi connectivity index (χ0v) is 9.12. The monoisotopic (exact) mass is 198 g/mol. The van der Waals surface area contributed by atoms with E-state index in [1.807, 2.05) is 0 Å². The van der Waals surface area contributed by atoms with Gasteiger partial charge in [-0.1, -0.05) is 6.92 Å². The third kappa shape index (κ3) is 1.47. The zero-order valence-electron chi connectivity index (χ0n) is 9.12. The highest BCUT2D eigenvalue weighted by molar-refractivity contribution is 5.68. The number of nitrogens with zero attached hydrogens (tertiary/aromatic N) is 2. The van der Waals surface area contributed by atoms with Crippen LogP contribution < -0.4 is 0 Å². The average Bonchev–Trinajstić information content (AvgIpc) is 2.07. The molecule has 2 saturated heterocycles. The number of carbonyl (C=O) groups excluding carboxylic acids is 1. The number of rotatable bonds is 0. The van der Waals surface area contributed by atoms with Gasteiger partial charge in [0.2, 0.25) is 0 Å². The summed E-state index contributed by atoms with van der Waals surface area (Å²) in [6, 6.07) is 0. The molecule has 4 heteroatoms. The second-order valence-electron chi connectivity index (χ2n) is 4.91. The Morgan fingerprint density at radius 1 is 1.43 bits per heavy atom. The van der Waals surface area contributed by atoms with Crippen LogP contribution in [-0.4, -0.2) is 55.7 Å². The van der Waals surface area contributed by atoms with Gasteiger partial charge in [-0.3, -0.25) is 0 Å². The van der Waals surface area contributed by atoms with Crippen molar-refractivity contribution in [3.8, 4) is 0 Å². The van der Waals surface area contributed by atoms with Crippen molar-refractivity contribution in [3.05, 3.63) is 0 Å². The van der Waals surface area contributed by atoms with Crippen molar-refractivity contribution in [2.45, 2.75) is 19.4 Å². The summed E-state index contributed by atoms with van der Waals surface area (Å²) in [6.45, 7) is 5.05. The maximum absolute atomic E-state index is 11.4. The molecular weight excluding hydrogens is 180 g/mol. The fourth-order valence-corrected chi connectivity index (χ4v) is 2.65. The lowest BCUT2D eigenvalue weighted by Crippen LogP contribution is -2.60. The molecule has 1 amide bonds. The highest BCUT2D eigenvalue weighted by Gasteiger charge is 2.46. The van der Waals surface area contributed by atoms with Crippen molar-refractivity contribution in [1.29, 1.82) is 0 Å². The largest absolute Gasteiger partial charge is 0.445 e. The minimum atomic E-state index is -0.169. The Morgan fingerprint density at radius 2 is 2.14 bits per heavy atom. The number of amides is 1. The number of hydrogen-bond acceptors (Lipinski definition) is 3. The third-order valence-electron chi connectivity index (χ3n) is 3.33. The van der Waals surface area contributed by atoms with E-state index in [9.17, 15) is 4.79 Å². The van der Waals surface area contributed by atoms with Gasteiger partial charge in [0.05, 0.1) is 0 Å². The lowest BCUT2D eigenvalue weighted by molar-refractivity contribution is -0.0891. The molecule has 0 saturated carbocycles. The van der Waals surface area contributed by atoms with Crippen LogP contribution in [0.15, 0.2) is 0 Å². The summed E-state index contributed by atoms with van der Waals surface area (Å²) in [5.41, 5.74) is 0.107. The van der Waals surface area contributed by atoms with Gasteiger partial charge in [0.15, 0.2) is 0 Å².